The van der Waals surface area contributed by atoms with Gasteiger partial charge in [0.05, 0.1) is 13.7 Å². The first-order valence-electron chi connectivity index (χ1n) is 15.4. The number of carbonyl (C=O) groups is 2. The molecule has 10 heteroatoms. The van der Waals surface area contributed by atoms with Gasteiger partial charge in [-0.15, -0.1) is 0 Å². The second kappa shape index (κ2) is 11.6. The van der Waals surface area contributed by atoms with E-state index in [2.05, 4.69) is 28.4 Å². The van der Waals surface area contributed by atoms with E-state index in [1.165, 1.54) is 41.9 Å². The zero-order chi connectivity index (χ0) is 30.5. The molecule has 2 atom stereocenters. The lowest BCUT2D eigenvalue weighted by Gasteiger charge is -2.30. The van der Waals surface area contributed by atoms with Crippen molar-refractivity contribution in [3.8, 4) is 0 Å². The molecule has 0 radical (unpaired) electrons. The topological polar surface area (TPSA) is 101 Å². The third kappa shape index (κ3) is 5.33. The van der Waals surface area contributed by atoms with Gasteiger partial charge >= 0.3 is 10.2 Å². The zero-order valence-corrected chi connectivity index (χ0v) is 26.4. The summed E-state index contributed by atoms with van der Waals surface area (Å²) in [4.78, 5) is 29.3. The van der Waals surface area contributed by atoms with Crippen LogP contribution >= 0.6 is 0 Å². The van der Waals surface area contributed by atoms with Gasteiger partial charge in [0.25, 0.3) is 11.8 Å². The molecule has 1 fully saturated rings. The van der Waals surface area contributed by atoms with Crippen LogP contribution in [0.4, 0.5) is 0 Å². The Kier molecular flexibility index (Phi) is 8.02. The van der Waals surface area contributed by atoms with Gasteiger partial charge < -0.3 is 14.2 Å². The fourth-order valence-electron chi connectivity index (χ4n) is 7.44. The van der Waals surface area contributed by atoms with Gasteiger partial charge in [-0.2, -0.15) is 12.7 Å². The Hall–Kier alpha value is -3.37. The molecule has 2 amide bonds. The first-order chi connectivity index (χ1) is 20.6. The molecular formula is C33H42N4O5S. The molecule has 4 aliphatic rings. The van der Waals surface area contributed by atoms with Gasteiger partial charge in [0, 0.05) is 66.8 Å². The Balaban J connectivity index is 1.62. The maximum absolute atomic E-state index is 14.2. The average molecular weight is 607 g/mol. The minimum atomic E-state index is -4.02. The smallest absolute Gasteiger partial charge is 0.303 e. The molecule has 1 saturated carbocycles. The highest BCUT2D eigenvalue weighted by Crippen LogP contribution is 2.49. The molecule has 6 rings (SSSR count). The van der Waals surface area contributed by atoms with Gasteiger partial charge in [0.15, 0.2) is 0 Å². The van der Waals surface area contributed by atoms with E-state index in [0.717, 1.165) is 40.6 Å². The van der Waals surface area contributed by atoms with Crippen molar-refractivity contribution >= 4 is 32.9 Å². The first kappa shape index (κ1) is 29.7. The number of ether oxygens (including phenoxy) is 1. The quantitative estimate of drug-likeness (QED) is 0.520. The minimum absolute atomic E-state index is 0.00720. The second-order valence-corrected chi connectivity index (χ2v) is 14.3. The van der Waals surface area contributed by atoms with E-state index in [9.17, 15) is 18.0 Å². The Morgan fingerprint density at radius 2 is 1.72 bits per heavy atom. The molecule has 2 unspecified atom stereocenters. The number of carbonyl (C=O) groups excluding carboxylic acids is 2. The molecule has 2 aliphatic carbocycles. The van der Waals surface area contributed by atoms with Crippen LogP contribution in [0.5, 0.6) is 0 Å². The monoisotopic (exact) mass is 606 g/mol. The molecule has 3 heterocycles. The molecule has 43 heavy (non-hydrogen) atoms. The van der Waals surface area contributed by atoms with E-state index < -0.39 is 16.1 Å². The molecule has 9 nitrogen and oxygen atoms in total. The molecule has 4 bridgehead atoms. The average Bonchev–Trinajstić information content (AvgIpc) is 3.26. The van der Waals surface area contributed by atoms with Crippen molar-refractivity contribution in [3.63, 3.8) is 0 Å². The molecule has 230 valence electrons. The number of nitrogens with one attached hydrogen (secondary N) is 1. The number of hydrogen-bond donors (Lipinski definition) is 1. The second-order valence-electron chi connectivity index (χ2n) is 12.5. The van der Waals surface area contributed by atoms with E-state index in [1.807, 2.05) is 25.3 Å². The Morgan fingerprint density at radius 1 is 0.977 bits per heavy atom. The van der Waals surface area contributed by atoms with Crippen LogP contribution in [-0.4, -0.2) is 68.3 Å². The van der Waals surface area contributed by atoms with Crippen LogP contribution in [0.2, 0.25) is 0 Å². The number of amides is 2. The van der Waals surface area contributed by atoms with Gasteiger partial charge in [-0.3, -0.25) is 9.59 Å². The zero-order valence-electron chi connectivity index (χ0n) is 25.6. The molecular weight excluding hydrogens is 564 g/mol. The van der Waals surface area contributed by atoms with Gasteiger partial charge in [0.1, 0.15) is 5.76 Å². The van der Waals surface area contributed by atoms with Crippen molar-refractivity contribution in [1.82, 2.24) is 18.5 Å². The van der Waals surface area contributed by atoms with E-state index in [0.29, 0.717) is 31.8 Å². The molecule has 0 saturated heterocycles. The van der Waals surface area contributed by atoms with Crippen LogP contribution in [0.1, 0.15) is 85.3 Å². The van der Waals surface area contributed by atoms with E-state index >= 15 is 0 Å². The lowest BCUT2D eigenvalue weighted by atomic mass is 9.75. The van der Waals surface area contributed by atoms with Crippen molar-refractivity contribution in [3.05, 3.63) is 70.2 Å². The number of allylic oxidation sites excluding steroid dienone is 4. The summed E-state index contributed by atoms with van der Waals surface area (Å²) in [5, 5.41) is 1.08. The molecule has 2 aliphatic heterocycles. The molecule has 1 N–H and O–H groups in total. The lowest BCUT2D eigenvalue weighted by molar-refractivity contribution is -0.126. The molecule has 2 aromatic rings. The van der Waals surface area contributed by atoms with E-state index in [4.69, 9.17) is 4.74 Å². The number of methoxy groups -OCH3 is 1. The van der Waals surface area contributed by atoms with Crippen LogP contribution in [0, 0.1) is 5.92 Å². The number of likely N-dealkylation sites (N-methyl/N-ethyl adjacent to an activating group) is 1. The van der Waals surface area contributed by atoms with Crippen LogP contribution < -0.4 is 4.72 Å². The summed E-state index contributed by atoms with van der Waals surface area (Å²) in [6.45, 7) is 3.20. The van der Waals surface area contributed by atoms with Crippen LogP contribution in [0.15, 0.2) is 53.3 Å². The highest BCUT2D eigenvalue weighted by molar-refractivity contribution is 7.87. The normalized spacial score (nSPS) is 25.6. The fraction of sp³-hybridized carbons (Fsp3) is 0.515. The Bertz CT molecular complexity index is 1660. The largest absolute Gasteiger partial charge is 0.497 e. The maximum Gasteiger partial charge on any atom is 0.303 e. The van der Waals surface area contributed by atoms with E-state index in [-0.39, 0.29) is 29.9 Å². The van der Waals surface area contributed by atoms with Gasteiger partial charge in [-0.05, 0) is 68.4 Å². The van der Waals surface area contributed by atoms with Crippen LogP contribution in [0.25, 0.3) is 10.9 Å². The van der Waals surface area contributed by atoms with Gasteiger partial charge in [0.2, 0.25) is 0 Å². The number of aromatic nitrogens is 1. The third-order valence-corrected chi connectivity index (χ3v) is 11.4. The van der Waals surface area contributed by atoms with Crippen molar-refractivity contribution in [2.45, 2.75) is 70.3 Å². The lowest BCUT2D eigenvalue weighted by Crippen LogP contribution is -2.42. The number of hydrogen-bond acceptors (Lipinski definition) is 5. The summed E-state index contributed by atoms with van der Waals surface area (Å²) in [6, 6.07) is 5.53. The molecule has 1 aromatic carbocycles. The third-order valence-electron chi connectivity index (χ3n) is 9.92. The number of nitrogens with zero attached hydrogens (tertiary/aromatic N) is 3. The predicted octanol–water partition coefficient (Wildman–Crippen LogP) is 4.98. The highest BCUT2D eigenvalue weighted by atomic mass is 32.2. The summed E-state index contributed by atoms with van der Waals surface area (Å²) in [5.74, 6) is 0.421. The standard InChI is InChI=1S/C33H42N4O5S/c1-21-27-19-24(42-4)13-15-25(27)31-30(22-10-6-5-7-11-22)26-14-12-23-18-29(26)37(31)20-28(21)33(39)35(2)16-8-9-17-36(3)43(40,41)34-32(23)38/h12-15,18-19,22,25,27H,5-11,16-17,20H2,1-4H3,(H,34,38). The predicted molar refractivity (Wildman–Crippen MR) is 167 cm³/mol. The Morgan fingerprint density at radius 3 is 2.47 bits per heavy atom. The van der Waals surface area contributed by atoms with Crippen molar-refractivity contribution < 1.29 is 22.7 Å². The van der Waals surface area contributed by atoms with Crippen molar-refractivity contribution in [2.75, 3.05) is 34.3 Å². The molecule has 1 aromatic heterocycles. The first-order valence-corrected chi connectivity index (χ1v) is 16.9. The minimum Gasteiger partial charge on any atom is -0.497 e. The molecule has 0 spiro atoms. The highest BCUT2D eigenvalue weighted by Gasteiger charge is 2.38. The van der Waals surface area contributed by atoms with E-state index in [1.54, 1.807) is 18.1 Å². The summed E-state index contributed by atoms with van der Waals surface area (Å²) in [5.41, 5.74) is 5.41. The summed E-state index contributed by atoms with van der Waals surface area (Å²) in [7, 11) is 0.949. The number of rotatable bonds is 2. The van der Waals surface area contributed by atoms with Gasteiger partial charge in [-0.25, -0.2) is 4.72 Å². The maximum atomic E-state index is 14.2. The van der Waals surface area contributed by atoms with Crippen molar-refractivity contribution in [2.24, 2.45) is 5.92 Å². The Labute approximate surface area is 254 Å². The van der Waals surface area contributed by atoms with Gasteiger partial charge in [-0.1, -0.05) is 37.0 Å². The van der Waals surface area contributed by atoms with Crippen molar-refractivity contribution in [1.29, 1.82) is 0 Å². The fourth-order valence-corrected chi connectivity index (χ4v) is 8.32. The number of fused-ring (bicyclic) bond motifs is 4. The summed E-state index contributed by atoms with van der Waals surface area (Å²) in [6.07, 6.45) is 13.3. The number of benzene rings is 1. The summed E-state index contributed by atoms with van der Waals surface area (Å²) < 4.78 is 37.3. The van der Waals surface area contributed by atoms with Crippen LogP contribution in [0.3, 0.4) is 0 Å². The van der Waals surface area contributed by atoms with Crippen LogP contribution in [-0.2, 0) is 26.3 Å². The summed E-state index contributed by atoms with van der Waals surface area (Å²) >= 11 is 0. The SMILES string of the molecule is COC1=CC2C(C)=C3Cn4c(c(C5CCCCC5)c5ccc(cc54)C(=O)NS(=O)(=O)N(C)CCCCN(C)C3=O)C2C=C1.